The molecule has 0 unspecified atom stereocenters. The van der Waals surface area contributed by atoms with Crippen molar-refractivity contribution in [2.24, 2.45) is 0 Å². The third-order valence-corrected chi connectivity index (χ3v) is 8.13. The number of carbonyl (C=O) groups is 1. The van der Waals surface area contributed by atoms with Crippen LogP contribution in [-0.4, -0.2) is 50.7 Å². The molecule has 3 aromatic rings. The van der Waals surface area contributed by atoms with Crippen molar-refractivity contribution in [3.8, 4) is 11.4 Å². The Kier molecular flexibility index (Phi) is 5.33. The summed E-state index contributed by atoms with van der Waals surface area (Å²) in [5.74, 6) is -1.23. The van der Waals surface area contributed by atoms with E-state index in [-0.39, 0.29) is 56.9 Å². The lowest BCUT2D eigenvalue weighted by molar-refractivity contribution is -0.172. The SMILES string of the molecule is CC[C@@]1(O)C(=O)OCc2c1cc1n(c2=O)Cc2c-1nc1cc(F)c(C)c3c1c2[C@](O)(COCCO)CC3. The number of esters is 1. The second-order valence-electron chi connectivity index (χ2n) is 10.1. The molecule has 2 aliphatic heterocycles. The summed E-state index contributed by atoms with van der Waals surface area (Å²) in [5.41, 5.74) is 0.0469. The average Bonchev–Trinajstić information content (AvgIpc) is 3.24. The molecule has 194 valence electrons. The van der Waals surface area contributed by atoms with E-state index in [0.717, 1.165) is 5.56 Å². The molecule has 9 nitrogen and oxygen atoms in total. The van der Waals surface area contributed by atoms with Crippen LogP contribution in [0.1, 0.15) is 53.1 Å². The van der Waals surface area contributed by atoms with Crippen LogP contribution in [0.4, 0.5) is 4.39 Å². The predicted octanol–water partition coefficient (Wildman–Crippen LogP) is 1.67. The molecular formula is C27H27FN2O7. The van der Waals surface area contributed by atoms with E-state index in [1.807, 2.05) is 0 Å². The predicted molar refractivity (Wildman–Crippen MR) is 129 cm³/mol. The number of cyclic esters (lactones) is 1. The van der Waals surface area contributed by atoms with E-state index >= 15 is 0 Å². The van der Waals surface area contributed by atoms with E-state index in [0.29, 0.717) is 45.4 Å². The number of carbonyl (C=O) groups excluding carboxylic acids is 1. The van der Waals surface area contributed by atoms with Gasteiger partial charge in [0, 0.05) is 28.1 Å². The Morgan fingerprint density at radius 3 is 2.73 bits per heavy atom. The molecule has 3 aliphatic rings. The van der Waals surface area contributed by atoms with Gasteiger partial charge in [0.05, 0.1) is 48.8 Å². The number of aromatic nitrogens is 2. The average molecular weight is 511 g/mol. The fourth-order valence-electron chi connectivity index (χ4n) is 6.12. The first-order valence-electron chi connectivity index (χ1n) is 12.4. The van der Waals surface area contributed by atoms with E-state index in [9.17, 15) is 29.3 Å². The zero-order valence-electron chi connectivity index (χ0n) is 20.6. The number of hydrogen-bond donors (Lipinski definition) is 3. The first-order valence-corrected chi connectivity index (χ1v) is 12.4. The lowest BCUT2D eigenvalue weighted by atomic mass is 9.75. The molecule has 1 aromatic carbocycles. The van der Waals surface area contributed by atoms with Gasteiger partial charge in [0.25, 0.3) is 5.56 Å². The summed E-state index contributed by atoms with van der Waals surface area (Å²) in [4.78, 5) is 30.8. The van der Waals surface area contributed by atoms with Gasteiger partial charge in [-0.05, 0) is 43.4 Å². The minimum atomic E-state index is -1.97. The topological polar surface area (TPSA) is 131 Å². The van der Waals surface area contributed by atoms with Crippen molar-refractivity contribution in [1.82, 2.24) is 9.55 Å². The summed E-state index contributed by atoms with van der Waals surface area (Å²) < 4.78 is 27.1. The number of ether oxygens (including phenoxy) is 2. The highest BCUT2D eigenvalue weighted by molar-refractivity contribution is 5.93. The third-order valence-electron chi connectivity index (χ3n) is 8.13. The van der Waals surface area contributed by atoms with E-state index in [2.05, 4.69) is 0 Å². The number of aryl methyl sites for hydroxylation is 1. The van der Waals surface area contributed by atoms with Gasteiger partial charge in [-0.1, -0.05) is 6.92 Å². The highest BCUT2D eigenvalue weighted by Gasteiger charge is 2.47. The molecular weight excluding hydrogens is 483 g/mol. The summed E-state index contributed by atoms with van der Waals surface area (Å²) in [7, 11) is 0. The molecule has 2 aromatic heterocycles. The summed E-state index contributed by atoms with van der Waals surface area (Å²) >= 11 is 0. The van der Waals surface area contributed by atoms with Crippen molar-refractivity contribution >= 4 is 16.9 Å². The Morgan fingerprint density at radius 2 is 2.00 bits per heavy atom. The van der Waals surface area contributed by atoms with Crippen LogP contribution < -0.4 is 5.56 Å². The van der Waals surface area contributed by atoms with Crippen LogP contribution in [0.2, 0.25) is 0 Å². The molecule has 0 saturated carbocycles. The number of halogens is 1. The number of fused-ring (bicyclic) bond motifs is 5. The van der Waals surface area contributed by atoms with Gasteiger partial charge in [0.2, 0.25) is 0 Å². The van der Waals surface area contributed by atoms with Gasteiger partial charge in [0.1, 0.15) is 18.0 Å². The van der Waals surface area contributed by atoms with Crippen LogP contribution in [0.3, 0.4) is 0 Å². The number of hydrogen-bond acceptors (Lipinski definition) is 8. The van der Waals surface area contributed by atoms with Crippen molar-refractivity contribution in [3.63, 3.8) is 0 Å². The number of rotatable bonds is 5. The lowest BCUT2D eigenvalue weighted by Gasteiger charge is -2.36. The molecule has 1 aliphatic carbocycles. The standard InChI is InChI=1S/C27H27FN2O7/c1-3-27(35)17-8-20-23-15(10-30(20)24(32)16(17)11-37-25(27)33)22-21-14(13(2)18(28)9-19(21)29-23)4-5-26(22,34)12-36-7-6-31/h8-9,31,34-35H,3-7,10-12H2,1-2H3/t26-,27+/m1/s1. The molecule has 0 bridgehead atoms. The summed E-state index contributed by atoms with van der Waals surface area (Å²) in [6, 6.07) is 2.92. The molecule has 0 saturated heterocycles. The molecule has 2 atom stereocenters. The Labute approximate surface area is 211 Å². The Hall–Kier alpha value is -3.18. The van der Waals surface area contributed by atoms with E-state index in [1.165, 1.54) is 10.6 Å². The number of nitrogens with zero attached hydrogens (tertiary/aromatic N) is 2. The molecule has 0 spiro atoms. The molecule has 0 fully saturated rings. The zero-order valence-corrected chi connectivity index (χ0v) is 20.6. The van der Waals surface area contributed by atoms with Gasteiger partial charge in [-0.2, -0.15) is 0 Å². The van der Waals surface area contributed by atoms with Crippen LogP contribution in [0.25, 0.3) is 22.3 Å². The van der Waals surface area contributed by atoms with Crippen molar-refractivity contribution in [1.29, 1.82) is 0 Å². The smallest absolute Gasteiger partial charge is 0.343 e. The van der Waals surface area contributed by atoms with Gasteiger partial charge < -0.3 is 29.4 Å². The van der Waals surface area contributed by atoms with Gasteiger partial charge in [-0.25, -0.2) is 14.2 Å². The monoisotopic (exact) mass is 510 g/mol. The van der Waals surface area contributed by atoms with Crippen LogP contribution in [0.5, 0.6) is 0 Å². The second-order valence-corrected chi connectivity index (χ2v) is 10.1. The van der Waals surface area contributed by atoms with E-state index in [4.69, 9.17) is 14.5 Å². The summed E-state index contributed by atoms with van der Waals surface area (Å²) in [6.07, 6.45) is 0.693. The molecule has 10 heteroatoms. The molecule has 0 radical (unpaired) electrons. The van der Waals surface area contributed by atoms with Gasteiger partial charge >= 0.3 is 5.97 Å². The molecule has 0 amide bonds. The number of pyridine rings is 2. The van der Waals surface area contributed by atoms with Crippen molar-refractivity contribution < 1.29 is 34.0 Å². The number of aliphatic hydroxyl groups excluding tert-OH is 1. The van der Waals surface area contributed by atoms with E-state index in [1.54, 1.807) is 19.9 Å². The van der Waals surface area contributed by atoms with Gasteiger partial charge in [-0.15, -0.1) is 0 Å². The van der Waals surface area contributed by atoms with Crippen LogP contribution >= 0.6 is 0 Å². The fourth-order valence-corrected chi connectivity index (χ4v) is 6.12. The van der Waals surface area contributed by atoms with Gasteiger partial charge in [0.15, 0.2) is 5.60 Å². The van der Waals surface area contributed by atoms with Crippen LogP contribution in [0, 0.1) is 12.7 Å². The molecule has 3 N–H and O–H groups in total. The van der Waals surface area contributed by atoms with E-state index < -0.39 is 28.5 Å². The van der Waals surface area contributed by atoms with Crippen molar-refractivity contribution in [3.05, 3.63) is 61.7 Å². The maximum absolute atomic E-state index is 14.9. The van der Waals surface area contributed by atoms with Crippen LogP contribution in [0.15, 0.2) is 16.9 Å². The normalized spacial score (nSPS) is 23.6. The largest absolute Gasteiger partial charge is 0.458 e. The molecule has 37 heavy (non-hydrogen) atoms. The summed E-state index contributed by atoms with van der Waals surface area (Å²) in [5, 5.41) is 32.8. The number of aliphatic hydroxyl groups is 3. The maximum atomic E-state index is 14.9. The minimum Gasteiger partial charge on any atom is -0.458 e. The molecule has 4 heterocycles. The second kappa shape index (κ2) is 8.16. The Balaban J connectivity index is 1.66. The van der Waals surface area contributed by atoms with Crippen molar-refractivity contribution in [2.75, 3.05) is 19.8 Å². The first kappa shape index (κ1) is 24.2. The highest BCUT2D eigenvalue weighted by atomic mass is 19.1. The summed E-state index contributed by atoms with van der Waals surface area (Å²) in [6.45, 7) is 2.94. The zero-order chi connectivity index (χ0) is 26.3. The lowest BCUT2D eigenvalue weighted by Crippen LogP contribution is -2.44. The Bertz CT molecular complexity index is 1570. The molecule has 6 rings (SSSR count). The Morgan fingerprint density at radius 1 is 1.22 bits per heavy atom. The van der Waals surface area contributed by atoms with Crippen LogP contribution in [-0.2, 0) is 45.0 Å². The highest BCUT2D eigenvalue weighted by Crippen LogP contribution is 2.48. The number of benzene rings is 1. The first-order chi connectivity index (χ1) is 17.6. The quantitative estimate of drug-likeness (QED) is 0.273. The van der Waals surface area contributed by atoms with Crippen molar-refractivity contribution in [2.45, 2.75) is 57.5 Å². The maximum Gasteiger partial charge on any atom is 0.343 e. The fraction of sp³-hybridized carbons (Fsp3) is 0.444. The van der Waals surface area contributed by atoms with Gasteiger partial charge in [-0.3, -0.25) is 4.79 Å². The minimum absolute atomic E-state index is 0.0147. The third kappa shape index (κ3) is 3.19.